The van der Waals surface area contributed by atoms with Crippen molar-refractivity contribution in [2.24, 2.45) is 29.2 Å². The first kappa shape index (κ1) is 11.7. The van der Waals surface area contributed by atoms with E-state index in [4.69, 9.17) is 33.9 Å². The zero-order chi connectivity index (χ0) is 10.8. The second-order valence-corrected chi connectivity index (χ2v) is 3.03. The van der Waals surface area contributed by atoms with Gasteiger partial charge in [0.2, 0.25) is 6.29 Å². The lowest BCUT2D eigenvalue weighted by Gasteiger charge is -2.27. The third-order valence-corrected chi connectivity index (χ3v) is 2.07. The van der Waals surface area contributed by atoms with Gasteiger partial charge in [-0.2, -0.15) is 0 Å². The van der Waals surface area contributed by atoms with Gasteiger partial charge >= 0.3 is 0 Å². The highest BCUT2D eigenvalue weighted by Crippen LogP contribution is 2.26. The van der Waals surface area contributed by atoms with E-state index >= 15 is 0 Å². The number of rotatable bonds is 4. The molecular weight excluding hydrogens is 194 g/mol. The molecule has 0 saturated carbocycles. The van der Waals surface area contributed by atoms with Gasteiger partial charge in [-0.1, -0.05) is 0 Å². The topological polar surface area (TPSA) is 167 Å². The summed E-state index contributed by atoms with van der Waals surface area (Å²) >= 11 is 0. The van der Waals surface area contributed by atoms with Crippen LogP contribution in [0.5, 0.6) is 0 Å². The molecule has 0 aliphatic carbocycles. The molecular formula is C5H15N5O4. The molecule has 0 radical (unpaired) electrons. The van der Waals surface area contributed by atoms with Crippen LogP contribution in [0.25, 0.3) is 0 Å². The molecule has 9 nitrogen and oxygen atoms in total. The van der Waals surface area contributed by atoms with Gasteiger partial charge in [-0.05, 0) is 0 Å². The Morgan fingerprint density at radius 2 is 1.79 bits per heavy atom. The first-order valence-corrected chi connectivity index (χ1v) is 3.83. The Morgan fingerprint density at radius 3 is 2.21 bits per heavy atom. The van der Waals surface area contributed by atoms with Crippen molar-refractivity contribution in [1.29, 1.82) is 0 Å². The van der Waals surface area contributed by atoms with Gasteiger partial charge in [0.25, 0.3) is 0 Å². The van der Waals surface area contributed by atoms with Gasteiger partial charge < -0.3 is 21.0 Å². The number of nitrogens with two attached hydrogens (primary N) is 5. The Bertz CT molecular complexity index is 191. The van der Waals surface area contributed by atoms with E-state index in [1.165, 1.54) is 0 Å². The van der Waals surface area contributed by atoms with Crippen LogP contribution in [-0.4, -0.2) is 30.8 Å². The highest BCUT2D eigenvalue weighted by molar-refractivity contribution is 5.00. The van der Waals surface area contributed by atoms with Crippen molar-refractivity contribution >= 4 is 0 Å². The Kier molecular flexibility index (Phi) is 3.71. The summed E-state index contributed by atoms with van der Waals surface area (Å²) in [6, 6.07) is 0. The average molecular weight is 209 g/mol. The Hall–Kier alpha value is -0.360. The fourth-order valence-electron chi connectivity index (χ4n) is 1.38. The Labute approximate surface area is 80.2 Å². The molecule has 0 aromatic rings. The van der Waals surface area contributed by atoms with E-state index in [1.807, 2.05) is 0 Å². The van der Waals surface area contributed by atoms with E-state index in [0.29, 0.717) is 0 Å². The van der Waals surface area contributed by atoms with Crippen molar-refractivity contribution in [3.05, 3.63) is 0 Å². The van der Waals surface area contributed by atoms with E-state index < -0.39 is 24.2 Å². The predicted octanol–water partition coefficient (Wildman–Crippen LogP) is -3.64. The molecule has 1 rings (SSSR count). The summed E-state index contributed by atoms with van der Waals surface area (Å²) in [5, 5.41) is 0. The largest absolute Gasteiger partial charge is 0.339 e. The summed E-state index contributed by atoms with van der Waals surface area (Å²) in [5.74, 6) is 14.8. The maximum atomic E-state index is 5.65. The van der Waals surface area contributed by atoms with E-state index in [1.54, 1.807) is 0 Å². The molecule has 3 unspecified atom stereocenters. The highest BCUT2D eigenvalue weighted by atomic mass is 16.8. The van der Waals surface area contributed by atoms with Gasteiger partial charge in [-0.25, -0.2) is 17.7 Å². The summed E-state index contributed by atoms with van der Waals surface area (Å²) in [6.07, 6.45) is -2.48. The number of hydrogen-bond acceptors (Lipinski definition) is 9. The van der Waals surface area contributed by atoms with Crippen molar-refractivity contribution in [3.63, 3.8) is 0 Å². The fourth-order valence-corrected chi connectivity index (χ4v) is 1.38. The van der Waals surface area contributed by atoms with Crippen LogP contribution in [0.3, 0.4) is 0 Å². The minimum Gasteiger partial charge on any atom is -0.339 e. The second kappa shape index (κ2) is 4.44. The lowest BCUT2D eigenvalue weighted by Crippen LogP contribution is -2.66. The van der Waals surface area contributed by atoms with Crippen molar-refractivity contribution in [2.75, 3.05) is 6.61 Å². The average Bonchev–Trinajstić information content (AvgIpc) is 2.37. The van der Waals surface area contributed by atoms with Crippen LogP contribution in [0.1, 0.15) is 0 Å². The van der Waals surface area contributed by atoms with Crippen LogP contribution < -0.4 is 29.2 Å². The predicted molar refractivity (Wildman–Crippen MR) is 44.2 cm³/mol. The second-order valence-electron chi connectivity index (χ2n) is 3.03. The molecule has 1 heterocycles. The SMILES string of the molecule is NOCC1OC(ON)C(N)(N)C1ON. The van der Waals surface area contributed by atoms with Gasteiger partial charge in [-0.3, -0.25) is 9.68 Å². The summed E-state index contributed by atoms with van der Waals surface area (Å²) in [7, 11) is 0. The minimum atomic E-state index is -1.45. The first-order chi connectivity index (χ1) is 6.57. The normalized spacial score (nSPS) is 36.2. The molecule has 0 aromatic heterocycles. The van der Waals surface area contributed by atoms with E-state index in [9.17, 15) is 0 Å². The van der Waals surface area contributed by atoms with Crippen LogP contribution in [0, 0.1) is 0 Å². The third-order valence-electron chi connectivity index (χ3n) is 2.07. The monoisotopic (exact) mass is 209 g/mol. The van der Waals surface area contributed by atoms with Crippen molar-refractivity contribution in [3.8, 4) is 0 Å². The Morgan fingerprint density at radius 1 is 1.14 bits per heavy atom. The van der Waals surface area contributed by atoms with Crippen molar-refractivity contribution in [1.82, 2.24) is 0 Å². The van der Waals surface area contributed by atoms with Gasteiger partial charge in [0, 0.05) is 0 Å². The molecule has 9 heteroatoms. The lowest BCUT2D eigenvalue weighted by molar-refractivity contribution is -0.165. The summed E-state index contributed by atoms with van der Waals surface area (Å²) in [6.45, 7) is 0.0118. The van der Waals surface area contributed by atoms with Crippen LogP contribution >= 0.6 is 0 Å². The molecule has 10 N–H and O–H groups in total. The molecule has 1 aliphatic rings. The van der Waals surface area contributed by atoms with Gasteiger partial charge in [-0.15, -0.1) is 0 Å². The van der Waals surface area contributed by atoms with Crippen molar-refractivity contribution < 1.29 is 19.2 Å². The van der Waals surface area contributed by atoms with Gasteiger partial charge in [0.05, 0.1) is 6.61 Å². The molecule has 0 spiro atoms. The maximum Gasteiger partial charge on any atom is 0.211 e. The summed E-state index contributed by atoms with van der Waals surface area (Å²) < 4.78 is 5.16. The van der Waals surface area contributed by atoms with Crippen LogP contribution in [0.15, 0.2) is 0 Å². The van der Waals surface area contributed by atoms with Gasteiger partial charge in [0.15, 0.2) is 0 Å². The van der Waals surface area contributed by atoms with Crippen LogP contribution in [0.4, 0.5) is 0 Å². The van der Waals surface area contributed by atoms with E-state index in [-0.39, 0.29) is 6.61 Å². The quantitative estimate of drug-likeness (QED) is 0.231. The highest BCUT2D eigenvalue weighted by Gasteiger charge is 2.54. The molecule has 0 bridgehead atoms. The fraction of sp³-hybridized carbons (Fsp3) is 1.00. The van der Waals surface area contributed by atoms with Crippen LogP contribution in [-0.2, 0) is 19.2 Å². The first-order valence-electron chi connectivity index (χ1n) is 3.83. The van der Waals surface area contributed by atoms with E-state index in [0.717, 1.165) is 0 Å². The molecule has 3 atom stereocenters. The minimum absolute atomic E-state index is 0.0118. The molecule has 14 heavy (non-hydrogen) atoms. The zero-order valence-electron chi connectivity index (χ0n) is 7.46. The molecule has 1 saturated heterocycles. The van der Waals surface area contributed by atoms with Gasteiger partial charge in [0.1, 0.15) is 17.9 Å². The molecule has 1 fully saturated rings. The Balaban J connectivity index is 2.74. The molecule has 0 aromatic carbocycles. The smallest absolute Gasteiger partial charge is 0.211 e. The maximum absolute atomic E-state index is 5.65. The van der Waals surface area contributed by atoms with Crippen LogP contribution in [0.2, 0.25) is 0 Å². The standard InChI is InChI=1S/C5H15N5O4/c6-5(7)3(13-9)2(1-11-8)12-4(5)14-10/h2-4H,1,6-10H2. The summed E-state index contributed by atoms with van der Waals surface area (Å²) in [4.78, 5) is 13.4. The van der Waals surface area contributed by atoms with E-state index in [2.05, 4.69) is 14.5 Å². The lowest BCUT2D eigenvalue weighted by atomic mass is 10.0. The third kappa shape index (κ3) is 1.86. The number of hydrogen-bond donors (Lipinski definition) is 5. The molecule has 1 aliphatic heterocycles. The summed E-state index contributed by atoms with van der Waals surface area (Å²) in [5.41, 5.74) is 9.86. The molecule has 0 amide bonds. The molecule has 84 valence electrons. The number of ether oxygens (including phenoxy) is 1. The zero-order valence-corrected chi connectivity index (χ0v) is 7.46. The van der Waals surface area contributed by atoms with Crippen molar-refractivity contribution in [2.45, 2.75) is 24.2 Å².